The van der Waals surface area contributed by atoms with E-state index in [0.717, 1.165) is 25.7 Å². The van der Waals surface area contributed by atoms with E-state index >= 15 is 0 Å². The summed E-state index contributed by atoms with van der Waals surface area (Å²) in [6, 6.07) is 1.59. The number of nitrogens with zero attached hydrogens (tertiary/aromatic N) is 3. The van der Waals surface area contributed by atoms with Crippen LogP contribution in [-0.2, 0) is 4.79 Å². The first-order valence-electron chi connectivity index (χ1n) is 9.58. The minimum Gasteiger partial charge on any atom is -0.322 e. The van der Waals surface area contributed by atoms with Crippen molar-refractivity contribution in [3.05, 3.63) is 0 Å². The van der Waals surface area contributed by atoms with Crippen molar-refractivity contribution in [2.45, 2.75) is 81.3 Å². The lowest BCUT2D eigenvalue weighted by Crippen LogP contribution is -2.54. The van der Waals surface area contributed by atoms with E-state index in [1.165, 1.54) is 0 Å². The molecule has 0 aromatic heterocycles. The molecule has 0 radical (unpaired) electrons. The molecule has 0 aromatic rings. The van der Waals surface area contributed by atoms with Crippen molar-refractivity contribution in [3.63, 3.8) is 0 Å². The van der Waals surface area contributed by atoms with Gasteiger partial charge in [-0.3, -0.25) is 9.69 Å². The van der Waals surface area contributed by atoms with Crippen molar-refractivity contribution >= 4 is 5.91 Å². The lowest BCUT2D eigenvalue weighted by Gasteiger charge is -2.41. The normalized spacial score (nSPS) is 40.2. The van der Waals surface area contributed by atoms with Gasteiger partial charge >= 0.3 is 6.18 Å². The predicted octanol–water partition coefficient (Wildman–Crippen LogP) is 2.02. The fraction of sp³-hybridized carbons (Fsp3) is 0.889. The van der Waals surface area contributed by atoms with Crippen molar-refractivity contribution < 1.29 is 18.0 Å². The Morgan fingerprint density at radius 2 is 1.85 bits per heavy atom. The van der Waals surface area contributed by atoms with Crippen LogP contribution in [0.1, 0.15) is 44.9 Å². The van der Waals surface area contributed by atoms with Crippen LogP contribution in [0.3, 0.4) is 0 Å². The zero-order valence-corrected chi connectivity index (χ0v) is 14.7. The number of likely N-dealkylation sites (tertiary alicyclic amines) is 1. The van der Waals surface area contributed by atoms with Gasteiger partial charge in [0.05, 0.1) is 18.5 Å². The van der Waals surface area contributed by atoms with Gasteiger partial charge < -0.3 is 10.6 Å². The van der Waals surface area contributed by atoms with E-state index in [1.807, 2.05) is 4.90 Å². The molecule has 3 aliphatic heterocycles. The number of hydrogen-bond donors (Lipinski definition) is 1. The van der Waals surface area contributed by atoms with E-state index in [2.05, 4.69) is 6.07 Å². The molecular weight excluding hydrogens is 345 g/mol. The van der Waals surface area contributed by atoms with Crippen LogP contribution < -0.4 is 5.73 Å². The largest absolute Gasteiger partial charge is 0.390 e. The Balaban J connectivity index is 1.38. The van der Waals surface area contributed by atoms with Gasteiger partial charge in [0.2, 0.25) is 5.91 Å². The first kappa shape index (κ1) is 18.1. The molecule has 2 N–H and O–H groups in total. The van der Waals surface area contributed by atoms with Gasteiger partial charge in [-0.25, -0.2) is 0 Å². The molecule has 4 fully saturated rings. The van der Waals surface area contributed by atoms with Crippen LogP contribution in [0, 0.1) is 23.2 Å². The summed E-state index contributed by atoms with van der Waals surface area (Å²) in [4.78, 5) is 16.6. The minimum atomic E-state index is -4.13. The van der Waals surface area contributed by atoms with Crippen LogP contribution in [0.15, 0.2) is 0 Å². The third-order valence-corrected chi connectivity index (χ3v) is 6.88. The number of nitrogens with two attached hydrogens (primary N) is 1. The fourth-order valence-corrected chi connectivity index (χ4v) is 5.49. The van der Waals surface area contributed by atoms with Gasteiger partial charge in [0.15, 0.2) is 0 Å². The summed E-state index contributed by atoms with van der Waals surface area (Å²) < 4.78 is 37.7. The van der Waals surface area contributed by atoms with Gasteiger partial charge in [0.25, 0.3) is 0 Å². The molecule has 26 heavy (non-hydrogen) atoms. The fourth-order valence-electron chi connectivity index (χ4n) is 5.49. The molecule has 8 heteroatoms. The quantitative estimate of drug-likeness (QED) is 0.822. The number of alkyl halides is 3. The maximum absolute atomic E-state index is 12.9. The lowest BCUT2D eigenvalue weighted by atomic mass is 9.84. The van der Waals surface area contributed by atoms with Crippen molar-refractivity contribution in [2.75, 3.05) is 6.54 Å². The number of halogens is 3. The number of nitriles is 1. The number of carbonyl (C=O) groups is 1. The molecule has 0 spiro atoms. The molecule has 3 saturated heterocycles. The molecule has 5 nitrogen and oxygen atoms in total. The van der Waals surface area contributed by atoms with Gasteiger partial charge in [0.1, 0.15) is 6.04 Å². The van der Waals surface area contributed by atoms with Crippen LogP contribution in [0.2, 0.25) is 0 Å². The Kier molecular flexibility index (Phi) is 4.43. The molecule has 0 aromatic carbocycles. The number of amides is 1. The molecular formula is C18H25F3N4O. The highest BCUT2D eigenvalue weighted by Gasteiger charge is 2.55. The number of fused-ring (bicyclic) bond motifs is 3. The highest BCUT2D eigenvalue weighted by molar-refractivity contribution is 5.84. The zero-order chi connectivity index (χ0) is 18.6. The van der Waals surface area contributed by atoms with Crippen molar-refractivity contribution in [1.29, 1.82) is 5.26 Å². The second kappa shape index (κ2) is 6.38. The molecule has 2 unspecified atom stereocenters. The molecule has 1 aliphatic carbocycles. The molecule has 1 saturated carbocycles. The average molecular weight is 370 g/mol. The topological polar surface area (TPSA) is 73.4 Å². The van der Waals surface area contributed by atoms with Gasteiger partial charge in [-0.1, -0.05) is 0 Å². The highest BCUT2D eigenvalue weighted by atomic mass is 19.4. The molecule has 1 amide bonds. The summed E-state index contributed by atoms with van der Waals surface area (Å²) in [6.45, 7) is 0.0428. The maximum atomic E-state index is 12.9. The standard InChI is InChI=1S/C18H25F3N4O/c19-18(20,21)3-4-24-12-1-2-13(24)7-11(6-12)16(23)17(26)25-14(9-22)5-10-8-15(10)25/h10-16H,1-8,23H2/t10-,11?,12?,13?,14+,15+,16+/m1/s1. The summed E-state index contributed by atoms with van der Waals surface area (Å²) >= 11 is 0. The van der Waals surface area contributed by atoms with Crippen molar-refractivity contribution in [3.8, 4) is 6.07 Å². The van der Waals surface area contributed by atoms with Crippen LogP contribution in [0.4, 0.5) is 13.2 Å². The molecule has 3 heterocycles. The Bertz CT molecular complexity index is 605. The van der Waals surface area contributed by atoms with E-state index in [0.29, 0.717) is 18.8 Å². The van der Waals surface area contributed by atoms with Crippen molar-refractivity contribution in [1.82, 2.24) is 9.80 Å². The Morgan fingerprint density at radius 1 is 1.19 bits per heavy atom. The molecule has 144 valence electrons. The van der Waals surface area contributed by atoms with Crippen LogP contribution in [-0.4, -0.2) is 58.6 Å². The van der Waals surface area contributed by atoms with E-state index in [1.54, 1.807) is 4.90 Å². The molecule has 6 atom stereocenters. The van der Waals surface area contributed by atoms with Crippen LogP contribution in [0.5, 0.6) is 0 Å². The summed E-state index contributed by atoms with van der Waals surface area (Å²) in [5, 5.41) is 9.29. The maximum Gasteiger partial charge on any atom is 0.390 e. The van der Waals surface area contributed by atoms with E-state index in [4.69, 9.17) is 5.73 Å². The van der Waals surface area contributed by atoms with E-state index in [-0.39, 0.29) is 42.5 Å². The van der Waals surface area contributed by atoms with Gasteiger partial charge in [-0.05, 0) is 50.4 Å². The smallest absolute Gasteiger partial charge is 0.322 e. The Morgan fingerprint density at radius 3 is 2.42 bits per heavy atom. The number of hydrogen-bond acceptors (Lipinski definition) is 4. The molecule has 4 aliphatic rings. The second-order valence-electron chi connectivity index (χ2n) is 8.43. The van der Waals surface area contributed by atoms with Crippen molar-refractivity contribution in [2.24, 2.45) is 17.6 Å². The molecule has 2 bridgehead atoms. The van der Waals surface area contributed by atoms with Crippen LogP contribution in [0.25, 0.3) is 0 Å². The minimum absolute atomic E-state index is 0.000667. The number of piperidine rings is 2. The summed E-state index contributed by atoms with van der Waals surface area (Å²) in [5.74, 6) is 0.324. The Hall–Kier alpha value is -1.33. The third kappa shape index (κ3) is 3.20. The first-order valence-corrected chi connectivity index (χ1v) is 9.58. The number of rotatable bonds is 4. The predicted molar refractivity (Wildman–Crippen MR) is 87.6 cm³/mol. The molecule has 4 rings (SSSR count). The van der Waals surface area contributed by atoms with Gasteiger partial charge in [-0.15, -0.1) is 0 Å². The van der Waals surface area contributed by atoms with Gasteiger partial charge in [-0.2, -0.15) is 18.4 Å². The highest BCUT2D eigenvalue weighted by Crippen LogP contribution is 2.48. The lowest BCUT2D eigenvalue weighted by molar-refractivity contribution is -0.141. The Labute approximate surface area is 151 Å². The zero-order valence-electron chi connectivity index (χ0n) is 14.7. The SMILES string of the molecule is N#C[C@@H]1C[C@@H]2C[C@@H]2N1C(=O)[C@@H](N)C1CC2CCC(C1)N2CCC(F)(F)F. The first-order chi connectivity index (χ1) is 12.3. The van der Waals surface area contributed by atoms with Gasteiger partial charge in [0, 0.05) is 24.7 Å². The summed E-state index contributed by atoms with van der Waals surface area (Å²) in [6.07, 6.45) is -0.0639. The average Bonchev–Trinajstić information content (AvgIpc) is 3.19. The monoisotopic (exact) mass is 370 g/mol. The number of carbonyl (C=O) groups excluding carboxylic acids is 1. The second-order valence-corrected chi connectivity index (χ2v) is 8.43. The summed E-state index contributed by atoms with van der Waals surface area (Å²) in [7, 11) is 0. The van der Waals surface area contributed by atoms with E-state index < -0.39 is 18.6 Å². The van der Waals surface area contributed by atoms with E-state index in [9.17, 15) is 23.2 Å². The third-order valence-electron chi connectivity index (χ3n) is 6.88. The van der Waals surface area contributed by atoms with Crippen LogP contribution >= 0.6 is 0 Å². The summed E-state index contributed by atoms with van der Waals surface area (Å²) in [5.41, 5.74) is 6.31.